The lowest BCUT2D eigenvalue weighted by Gasteiger charge is -1.97. The maximum Gasteiger partial charge on any atom is 0.305 e. The SMILES string of the molecule is NCc1ncc(-c2ccc(F)c([N+](=O)[O-])c2)o1. The largest absolute Gasteiger partial charge is 0.439 e. The minimum Gasteiger partial charge on any atom is -0.439 e. The van der Waals surface area contributed by atoms with Crippen molar-refractivity contribution in [2.75, 3.05) is 0 Å². The maximum atomic E-state index is 13.1. The van der Waals surface area contributed by atoms with Crippen LogP contribution >= 0.6 is 0 Å². The summed E-state index contributed by atoms with van der Waals surface area (Å²) < 4.78 is 18.3. The molecular weight excluding hydrogens is 229 g/mol. The van der Waals surface area contributed by atoms with Gasteiger partial charge < -0.3 is 10.2 Å². The molecule has 1 aromatic heterocycles. The molecule has 0 bridgehead atoms. The molecule has 2 N–H and O–H groups in total. The van der Waals surface area contributed by atoms with Crippen molar-refractivity contribution in [3.8, 4) is 11.3 Å². The molecule has 0 spiro atoms. The second kappa shape index (κ2) is 4.30. The van der Waals surface area contributed by atoms with Crippen LogP contribution in [0.3, 0.4) is 0 Å². The van der Waals surface area contributed by atoms with Gasteiger partial charge in [0, 0.05) is 11.6 Å². The fourth-order valence-corrected chi connectivity index (χ4v) is 1.34. The van der Waals surface area contributed by atoms with Crippen molar-refractivity contribution in [2.45, 2.75) is 6.54 Å². The van der Waals surface area contributed by atoms with Crippen LogP contribution in [0.5, 0.6) is 0 Å². The van der Waals surface area contributed by atoms with Gasteiger partial charge in [-0.25, -0.2) is 4.98 Å². The van der Waals surface area contributed by atoms with Gasteiger partial charge in [-0.05, 0) is 12.1 Å². The number of halogens is 1. The lowest BCUT2D eigenvalue weighted by Crippen LogP contribution is -1.95. The number of hydrogen-bond acceptors (Lipinski definition) is 5. The number of nitro benzene ring substituents is 1. The van der Waals surface area contributed by atoms with Crippen LogP contribution in [0, 0.1) is 15.9 Å². The van der Waals surface area contributed by atoms with Crippen molar-refractivity contribution in [3.05, 3.63) is 46.2 Å². The van der Waals surface area contributed by atoms with Gasteiger partial charge in [-0.3, -0.25) is 10.1 Å². The molecule has 2 aromatic rings. The number of nitro groups is 1. The Hall–Kier alpha value is -2.28. The van der Waals surface area contributed by atoms with Gasteiger partial charge in [-0.15, -0.1) is 0 Å². The first kappa shape index (κ1) is 11.2. The molecule has 0 amide bonds. The van der Waals surface area contributed by atoms with Crippen LogP contribution in [0.4, 0.5) is 10.1 Å². The van der Waals surface area contributed by atoms with E-state index in [0.717, 1.165) is 12.1 Å². The first-order valence-electron chi connectivity index (χ1n) is 4.71. The summed E-state index contributed by atoms with van der Waals surface area (Å²) in [5, 5.41) is 10.6. The Bertz CT molecular complexity index is 568. The van der Waals surface area contributed by atoms with Gasteiger partial charge in [0.2, 0.25) is 11.7 Å². The standard InChI is InChI=1S/C10H8FN3O3/c11-7-2-1-6(3-8(7)14(15)16)9-5-13-10(4-12)17-9/h1-3,5H,4,12H2. The second-order valence-corrected chi connectivity index (χ2v) is 3.25. The summed E-state index contributed by atoms with van der Waals surface area (Å²) in [6.07, 6.45) is 1.39. The first-order chi connectivity index (χ1) is 8.11. The third kappa shape index (κ3) is 2.13. The molecule has 7 heteroatoms. The number of rotatable bonds is 3. The molecule has 0 atom stereocenters. The van der Waals surface area contributed by atoms with Crippen LogP contribution in [0.15, 0.2) is 28.8 Å². The predicted octanol–water partition coefficient (Wildman–Crippen LogP) is 1.85. The maximum absolute atomic E-state index is 13.1. The van der Waals surface area contributed by atoms with Crippen LogP contribution in [-0.2, 0) is 6.54 Å². The first-order valence-corrected chi connectivity index (χ1v) is 4.71. The molecule has 0 saturated heterocycles. The molecule has 0 aliphatic heterocycles. The van der Waals surface area contributed by atoms with Gasteiger partial charge in [0.1, 0.15) is 0 Å². The quantitative estimate of drug-likeness (QED) is 0.649. The molecule has 88 valence electrons. The number of oxazole rings is 1. The van der Waals surface area contributed by atoms with E-state index in [1.54, 1.807) is 0 Å². The third-order valence-corrected chi connectivity index (χ3v) is 2.16. The molecule has 1 heterocycles. The molecule has 2 rings (SSSR count). The number of nitrogens with two attached hydrogens (primary N) is 1. The lowest BCUT2D eigenvalue weighted by atomic mass is 10.1. The van der Waals surface area contributed by atoms with E-state index in [9.17, 15) is 14.5 Å². The highest BCUT2D eigenvalue weighted by atomic mass is 19.1. The Morgan fingerprint density at radius 3 is 2.88 bits per heavy atom. The van der Waals surface area contributed by atoms with Gasteiger partial charge in [0.15, 0.2) is 5.76 Å². The molecule has 0 aliphatic carbocycles. The van der Waals surface area contributed by atoms with Gasteiger partial charge in [0.25, 0.3) is 0 Å². The summed E-state index contributed by atoms with van der Waals surface area (Å²) in [6.45, 7) is 0.128. The van der Waals surface area contributed by atoms with E-state index in [1.807, 2.05) is 0 Å². The molecule has 1 aromatic carbocycles. The average Bonchev–Trinajstić information content (AvgIpc) is 2.78. The minimum absolute atomic E-state index is 0.128. The lowest BCUT2D eigenvalue weighted by molar-refractivity contribution is -0.387. The topological polar surface area (TPSA) is 95.2 Å². The zero-order chi connectivity index (χ0) is 12.4. The highest BCUT2D eigenvalue weighted by Crippen LogP contribution is 2.26. The molecule has 17 heavy (non-hydrogen) atoms. The third-order valence-electron chi connectivity index (χ3n) is 2.16. The average molecular weight is 237 g/mol. The van der Waals surface area contributed by atoms with Crippen LogP contribution < -0.4 is 5.73 Å². The van der Waals surface area contributed by atoms with Crippen LogP contribution in [0.1, 0.15) is 5.89 Å². The van der Waals surface area contributed by atoms with Crippen LogP contribution in [0.2, 0.25) is 0 Å². The van der Waals surface area contributed by atoms with Gasteiger partial charge in [-0.1, -0.05) is 0 Å². The summed E-state index contributed by atoms with van der Waals surface area (Å²) in [4.78, 5) is 13.6. The van der Waals surface area contributed by atoms with Crippen molar-refractivity contribution in [3.63, 3.8) is 0 Å². The Balaban J connectivity index is 2.46. The highest BCUT2D eigenvalue weighted by Gasteiger charge is 2.16. The Morgan fingerprint density at radius 1 is 1.53 bits per heavy atom. The van der Waals surface area contributed by atoms with E-state index >= 15 is 0 Å². The fourth-order valence-electron chi connectivity index (χ4n) is 1.34. The van der Waals surface area contributed by atoms with E-state index in [2.05, 4.69) is 4.98 Å². The molecule has 0 saturated carbocycles. The molecule has 0 unspecified atom stereocenters. The van der Waals surface area contributed by atoms with Gasteiger partial charge >= 0.3 is 5.69 Å². The summed E-state index contributed by atoms with van der Waals surface area (Å²) in [5.41, 5.74) is 5.10. The number of nitrogens with zero attached hydrogens (tertiary/aromatic N) is 2. The highest BCUT2D eigenvalue weighted by molar-refractivity contribution is 5.60. The van der Waals surface area contributed by atoms with E-state index < -0.39 is 16.4 Å². The van der Waals surface area contributed by atoms with Crippen molar-refractivity contribution in [1.82, 2.24) is 4.98 Å². The van der Waals surface area contributed by atoms with E-state index in [0.29, 0.717) is 17.2 Å². The van der Waals surface area contributed by atoms with E-state index in [4.69, 9.17) is 10.2 Å². The van der Waals surface area contributed by atoms with E-state index in [-0.39, 0.29) is 6.54 Å². The number of aromatic nitrogens is 1. The number of benzene rings is 1. The van der Waals surface area contributed by atoms with E-state index in [1.165, 1.54) is 12.3 Å². The normalized spacial score (nSPS) is 10.5. The fraction of sp³-hybridized carbons (Fsp3) is 0.100. The monoisotopic (exact) mass is 237 g/mol. The van der Waals surface area contributed by atoms with Crippen LogP contribution in [0.25, 0.3) is 11.3 Å². The Morgan fingerprint density at radius 2 is 2.29 bits per heavy atom. The van der Waals surface area contributed by atoms with Crippen molar-refractivity contribution >= 4 is 5.69 Å². The molecule has 0 fully saturated rings. The van der Waals surface area contributed by atoms with Gasteiger partial charge in [0.05, 0.1) is 17.7 Å². The molecular formula is C10H8FN3O3. The van der Waals surface area contributed by atoms with Crippen LogP contribution in [-0.4, -0.2) is 9.91 Å². The Labute approximate surface area is 95.0 Å². The number of hydrogen-bond donors (Lipinski definition) is 1. The summed E-state index contributed by atoms with van der Waals surface area (Å²) in [5.74, 6) is -0.266. The summed E-state index contributed by atoms with van der Waals surface area (Å²) in [7, 11) is 0. The molecule has 6 nitrogen and oxygen atoms in total. The minimum atomic E-state index is -0.891. The summed E-state index contributed by atoms with van der Waals surface area (Å²) in [6, 6.07) is 3.48. The smallest absolute Gasteiger partial charge is 0.305 e. The van der Waals surface area contributed by atoms with Crippen molar-refractivity contribution < 1.29 is 13.7 Å². The summed E-state index contributed by atoms with van der Waals surface area (Å²) >= 11 is 0. The molecule has 0 radical (unpaired) electrons. The van der Waals surface area contributed by atoms with Gasteiger partial charge in [-0.2, -0.15) is 4.39 Å². The van der Waals surface area contributed by atoms with Crippen molar-refractivity contribution in [1.29, 1.82) is 0 Å². The zero-order valence-corrected chi connectivity index (χ0v) is 8.59. The molecule has 0 aliphatic rings. The zero-order valence-electron chi connectivity index (χ0n) is 8.59. The van der Waals surface area contributed by atoms with Crippen molar-refractivity contribution in [2.24, 2.45) is 5.73 Å². The Kier molecular flexibility index (Phi) is 2.84. The predicted molar refractivity (Wildman–Crippen MR) is 56.4 cm³/mol. The second-order valence-electron chi connectivity index (χ2n) is 3.25.